The zero-order valence-electron chi connectivity index (χ0n) is 9.46. The van der Waals surface area contributed by atoms with E-state index in [1.54, 1.807) is 0 Å². The molecule has 0 unspecified atom stereocenters. The molecule has 18 heavy (non-hydrogen) atoms. The van der Waals surface area contributed by atoms with E-state index in [0.717, 1.165) is 0 Å². The molecule has 1 aromatic carbocycles. The van der Waals surface area contributed by atoms with Crippen LogP contribution < -0.4 is 0 Å². The number of esters is 2. The molecule has 2 aliphatic rings. The number of hydrogen-bond donors (Lipinski definition) is 2. The lowest BCUT2D eigenvalue weighted by Crippen LogP contribution is -2.35. The summed E-state index contributed by atoms with van der Waals surface area (Å²) in [4.78, 5) is 23.1. The maximum Gasteiger partial charge on any atom is 0.342 e. The molecule has 0 aliphatic carbocycles. The lowest BCUT2D eigenvalue weighted by atomic mass is 10.1. The van der Waals surface area contributed by atoms with Gasteiger partial charge in [0.25, 0.3) is 0 Å². The van der Waals surface area contributed by atoms with Crippen LogP contribution >= 0.6 is 0 Å². The molecule has 0 aromatic heterocycles. The maximum absolute atomic E-state index is 11.6. The molecule has 6 heteroatoms. The van der Waals surface area contributed by atoms with E-state index in [0.29, 0.717) is 5.56 Å². The molecule has 1 aromatic rings. The Hall–Kier alpha value is -1.92. The minimum atomic E-state index is -2.55. The monoisotopic (exact) mass is 252 g/mol. The van der Waals surface area contributed by atoms with Gasteiger partial charge < -0.3 is 19.7 Å². The van der Waals surface area contributed by atoms with Crippen LogP contribution in [0, 0.1) is 0 Å². The first-order valence-corrected chi connectivity index (χ1v) is 5.43. The van der Waals surface area contributed by atoms with Gasteiger partial charge in [0.2, 0.25) is 0 Å². The van der Waals surface area contributed by atoms with E-state index in [2.05, 4.69) is 4.74 Å². The van der Waals surface area contributed by atoms with Gasteiger partial charge in [0, 0.05) is 6.42 Å². The van der Waals surface area contributed by atoms with Crippen molar-refractivity contribution in [1.29, 1.82) is 0 Å². The van der Waals surface area contributed by atoms with Crippen molar-refractivity contribution in [2.75, 3.05) is 6.61 Å². The van der Waals surface area contributed by atoms with E-state index in [1.165, 1.54) is 24.3 Å². The second kappa shape index (κ2) is 4.75. The third kappa shape index (κ3) is 2.85. The smallest absolute Gasteiger partial charge is 0.342 e. The van der Waals surface area contributed by atoms with Gasteiger partial charge in [-0.2, -0.15) is 0 Å². The molecule has 2 aliphatic heterocycles. The Bertz CT molecular complexity index is 462. The van der Waals surface area contributed by atoms with Crippen LogP contribution in [0.15, 0.2) is 24.3 Å². The minimum absolute atomic E-state index is 0.0149. The molecule has 0 amide bonds. The third-order valence-corrected chi connectivity index (χ3v) is 2.49. The Morgan fingerprint density at radius 1 is 1.00 bits per heavy atom. The van der Waals surface area contributed by atoms with E-state index in [1.807, 2.05) is 0 Å². The lowest BCUT2D eigenvalue weighted by molar-refractivity contribution is -0.311. The molecule has 3 rings (SSSR count). The van der Waals surface area contributed by atoms with Gasteiger partial charge >= 0.3 is 17.9 Å². The molecule has 0 spiro atoms. The maximum atomic E-state index is 11.6. The molecule has 2 heterocycles. The summed E-state index contributed by atoms with van der Waals surface area (Å²) in [5, 5.41) is 18.9. The van der Waals surface area contributed by atoms with Crippen molar-refractivity contribution >= 4 is 11.9 Å². The van der Waals surface area contributed by atoms with Crippen molar-refractivity contribution in [2.45, 2.75) is 18.8 Å². The van der Waals surface area contributed by atoms with Crippen LogP contribution in [-0.2, 0) is 9.47 Å². The molecule has 0 atom stereocenters. The number of benzene rings is 1. The van der Waals surface area contributed by atoms with E-state index in [9.17, 15) is 19.8 Å². The zero-order valence-corrected chi connectivity index (χ0v) is 9.46. The summed E-state index contributed by atoms with van der Waals surface area (Å²) in [6.45, 7) is 0.0149. The second-order valence-electron chi connectivity index (χ2n) is 3.95. The summed E-state index contributed by atoms with van der Waals surface area (Å²) in [5.74, 6) is -3.93. The van der Waals surface area contributed by atoms with Crippen molar-refractivity contribution in [3.63, 3.8) is 0 Å². The van der Waals surface area contributed by atoms with Crippen molar-refractivity contribution in [1.82, 2.24) is 0 Å². The molecular formula is C12H12O6. The molecule has 2 bridgehead atoms. The number of hydrogen-bond acceptors (Lipinski definition) is 6. The Morgan fingerprint density at radius 2 is 1.56 bits per heavy atom. The van der Waals surface area contributed by atoms with Crippen LogP contribution in [0.5, 0.6) is 0 Å². The van der Waals surface area contributed by atoms with Crippen molar-refractivity contribution < 1.29 is 29.3 Å². The molecule has 0 radical (unpaired) electrons. The normalized spacial score (nSPS) is 19.4. The topological polar surface area (TPSA) is 93.1 Å². The van der Waals surface area contributed by atoms with E-state index >= 15 is 0 Å². The Labute approximate surface area is 103 Å². The average molecular weight is 252 g/mol. The summed E-state index contributed by atoms with van der Waals surface area (Å²) >= 11 is 0. The summed E-state index contributed by atoms with van der Waals surface area (Å²) in [7, 11) is 0. The van der Waals surface area contributed by atoms with Crippen molar-refractivity contribution in [2.24, 2.45) is 0 Å². The predicted octanol–water partition coefficient (Wildman–Crippen LogP) is 0.432. The number of fused-ring (bicyclic) bond motifs is 9. The van der Waals surface area contributed by atoms with E-state index in [4.69, 9.17) is 4.74 Å². The molecule has 0 saturated carbocycles. The second-order valence-corrected chi connectivity index (χ2v) is 3.95. The summed E-state index contributed by atoms with van der Waals surface area (Å²) in [5.41, 5.74) is 0.450. The first-order valence-electron chi connectivity index (χ1n) is 5.43. The first-order chi connectivity index (χ1) is 8.48. The highest BCUT2D eigenvalue weighted by Crippen LogP contribution is 2.16. The summed E-state index contributed by atoms with van der Waals surface area (Å²) < 4.78 is 9.46. The van der Waals surface area contributed by atoms with Crippen molar-refractivity contribution in [3.8, 4) is 0 Å². The average Bonchev–Trinajstić information content (AvgIpc) is 2.33. The number of rotatable bonds is 0. The summed E-state index contributed by atoms with van der Waals surface area (Å²) in [6, 6.07) is 5.54. The molecule has 2 N–H and O–H groups in total. The van der Waals surface area contributed by atoms with Crippen molar-refractivity contribution in [3.05, 3.63) is 35.4 Å². The molecule has 0 saturated heterocycles. The van der Waals surface area contributed by atoms with Gasteiger partial charge in [-0.05, 0) is 30.7 Å². The van der Waals surface area contributed by atoms with Gasteiger partial charge in [0.05, 0.1) is 17.7 Å². The predicted molar refractivity (Wildman–Crippen MR) is 58.5 cm³/mol. The minimum Gasteiger partial charge on any atom is -0.462 e. The van der Waals surface area contributed by atoms with Crippen LogP contribution in [0.1, 0.15) is 33.6 Å². The van der Waals surface area contributed by atoms with Crippen LogP contribution in [-0.4, -0.2) is 34.7 Å². The first kappa shape index (κ1) is 12.5. The SMILES string of the molecule is O=C1OCCCC(O)(O)OC(=O)c2ccc1cc2. The molecular weight excluding hydrogens is 240 g/mol. The fourth-order valence-electron chi connectivity index (χ4n) is 1.55. The quantitative estimate of drug-likeness (QED) is 0.514. The fourth-order valence-corrected chi connectivity index (χ4v) is 1.55. The van der Waals surface area contributed by atoms with Crippen LogP contribution in [0.25, 0.3) is 0 Å². The number of carbonyl (C=O) groups excluding carboxylic acids is 2. The summed E-state index contributed by atoms with van der Waals surface area (Å²) in [6.07, 6.45) is -0.0654. The highest BCUT2D eigenvalue weighted by atomic mass is 16.8. The third-order valence-electron chi connectivity index (χ3n) is 2.49. The fraction of sp³-hybridized carbons (Fsp3) is 0.333. The van der Waals surface area contributed by atoms with Gasteiger partial charge in [0.1, 0.15) is 0 Å². The molecule has 0 fully saturated rings. The van der Waals surface area contributed by atoms with Gasteiger partial charge in [0.15, 0.2) is 0 Å². The Kier molecular flexibility index (Phi) is 3.31. The number of ether oxygens (including phenoxy) is 2. The number of carbonyl (C=O) groups is 2. The largest absolute Gasteiger partial charge is 0.462 e. The van der Waals surface area contributed by atoms with Gasteiger partial charge in [-0.15, -0.1) is 0 Å². The van der Waals surface area contributed by atoms with Crippen LogP contribution in [0.2, 0.25) is 0 Å². The lowest BCUT2D eigenvalue weighted by Gasteiger charge is -2.22. The Morgan fingerprint density at radius 3 is 2.17 bits per heavy atom. The van der Waals surface area contributed by atoms with Gasteiger partial charge in [-0.25, -0.2) is 9.59 Å². The molecule has 6 nitrogen and oxygen atoms in total. The highest BCUT2D eigenvalue weighted by Gasteiger charge is 2.29. The van der Waals surface area contributed by atoms with E-state index in [-0.39, 0.29) is 25.0 Å². The van der Waals surface area contributed by atoms with Gasteiger partial charge in [-0.3, -0.25) is 0 Å². The van der Waals surface area contributed by atoms with Crippen LogP contribution in [0.4, 0.5) is 0 Å². The standard InChI is InChI=1S/C12H12O6/c13-10-8-2-4-9(5-3-8)11(14)18-12(15,16)6-1-7-17-10/h2-5,15-16H,1,6-7H2. The Balaban J connectivity index is 2.31. The highest BCUT2D eigenvalue weighted by molar-refractivity contribution is 5.93. The van der Waals surface area contributed by atoms with Gasteiger partial charge in [-0.1, -0.05) is 0 Å². The van der Waals surface area contributed by atoms with Crippen LogP contribution in [0.3, 0.4) is 0 Å². The van der Waals surface area contributed by atoms with E-state index < -0.39 is 17.9 Å². The number of aliphatic hydroxyl groups is 2. The zero-order chi connectivity index (χ0) is 13.2. The molecule has 96 valence electrons.